The van der Waals surface area contributed by atoms with Gasteiger partial charge in [0.25, 0.3) is 20.2 Å². The molecule has 318 valence electrons. The van der Waals surface area contributed by atoms with Crippen LogP contribution in [-0.4, -0.2) is 48.1 Å². The second kappa shape index (κ2) is 17.9. The number of hydrazone groups is 2. The van der Waals surface area contributed by atoms with Gasteiger partial charge in [0.2, 0.25) is 0 Å². The fourth-order valence-corrected chi connectivity index (χ4v) is 8.06. The molecule has 6 aromatic rings. The van der Waals surface area contributed by atoms with Crippen molar-refractivity contribution in [3.05, 3.63) is 186 Å². The predicted molar refractivity (Wildman–Crippen MR) is 247 cm³/mol. The van der Waals surface area contributed by atoms with Crippen LogP contribution in [0.15, 0.2) is 184 Å². The second-order valence-electron chi connectivity index (χ2n) is 13.9. The molecule has 10 N–H and O–H groups in total. The van der Waals surface area contributed by atoms with Gasteiger partial charge in [-0.15, -0.1) is 20.7 Å². The van der Waals surface area contributed by atoms with Gasteiger partial charge in [0.15, 0.2) is 11.7 Å². The van der Waals surface area contributed by atoms with Crippen LogP contribution in [-0.2, 0) is 20.2 Å². The van der Waals surface area contributed by atoms with E-state index in [0.29, 0.717) is 40.0 Å². The van der Waals surface area contributed by atoms with Crippen LogP contribution in [0.5, 0.6) is 0 Å². The maximum absolute atomic E-state index is 13.0. The van der Waals surface area contributed by atoms with Crippen LogP contribution in [0, 0.1) is 0 Å². The summed E-state index contributed by atoms with van der Waals surface area (Å²) in [5.74, 6) is 0.747. The van der Waals surface area contributed by atoms with Crippen molar-refractivity contribution in [2.24, 2.45) is 10.2 Å². The van der Waals surface area contributed by atoms with E-state index in [1.54, 1.807) is 24.3 Å². The fourth-order valence-electron chi connectivity index (χ4n) is 6.52. The first-order valence-electron chi connectivity index (χ1n) is 19.1. The van der Waals surface area contributed by atoms with Crippen LogP contribution in [0.2, 0.25) is 0 Å². The van der Waals surface area contributed by atoms with Crippen LogP contribution >= 0.6 is 0 Å². The third kappa shape index (κ3) is 10.3. The lowest BCUT2D eigenvalue weighted by atomic mass is 10.0. The molecule has 0 unspecified atom stereocenters. The number of para-hydroxylation sites is 4. The normalized spacial score (nSPS) is 14.1. The zero-order chi connectivity index (χ0) is 44.0. The van der Waals surface area contributed by atoms with E-state index in [1.165, 1.54) is 40.8 Å². The minimum absolute atomic E-state index is 0.00397. The van der Waals surface area contributed by atoms with Gasteiger partial charge in [-0.3, -0.25) is 30.8 Å². The Bertz CT molecular complexity index is 3020. The topological polar surface area (TPSA) is 238 Å². The molecule has 63 heavy (non-hydrogen) atoms. The summed E-state index contributed by atoms with van der Waals surface area (Å²) in [4.78, 5) is -1.12. The van der Waals surface area contributed by atoms with Crippen molar-refractivity contribution in [3.8, 4) is 0 Å². The van der Waals surface area contributed by atoms with Crippen LogP contribution in [0.4, 0.5) is 28.4 Å². The Hall–Kier alpha value is -8.10. The van der Waals surface area contributed by atoms with Gasteiger partial charge in [-0.2, -0.15) is 16.8 Å². The van der Waals surface area contributed by atoms with Crippen LogP contribution in [0.3, 0.4) is 0 Å². The van der Waals surface area contributed by atoms with Gasteiger partial charge in [-0.25, -0.2) is 0 Å². The van der Waals surface area contributed by atoms with E-state index in [9.17, 15) is 25.9 Å². The van der Waals surface area contributed by atoms with Crippen molar-refractivity contribution in [3.63, 3.8) is 0 Å². The number of benzene rings is 6. The number of nitrogen functional groups attached to an aromatic ring is 1. The summed E-state index contributed by atoms with van der Waals surface area (Å²) in [5, 5.41) is 18.3. The first-order chi connectivity index (χ1) is 30.4. The van der Waals surface area contributed by atoms with E-state index < -0.39 is 30.0 Å². The summed E-state index contributed by atoms with van der Waals surface area (Å²) in [6.07, 6.45) is 5.85. The molecule has 0 radical (unpaired) electrons. The lowest BCUT2D eigenvalue weighted by molar-refractivity contribution is 0.293. The lowest BCUT2D eigenvalue weighted by Crippen LogP contribution is -2.41. The zero-order valence-electron chi connectivity index (χ0n) is 33.0. The summed E-state index contributed by atoms with van der Waals surface area (Å²) in [7, 11) is -9.85. The number of rotatable bonds is 12. The van der Waals surface area contributed by atoms with Crippen molar-refractivity contribution in [2.75, 3.05) is 27.2 Å². The number of nitrogens with two attached hydrogens (primary N) is 1. The van der Waals surface area contributed by atoms with Crippen LogP contribution in [0.1, 0.15) is 22.3 Å². The Kier molecular flexibility index (Phi) is 11.8. The molecule has 0 aromatic heterocycles. The number of hydrogen-bond acceptors (Lipinski definition) is 15. The molecule has 0 fully saturated rings. The Morgan fingerprint density at radius 2 is 0.984 bits per heavy atom. The first kappa shape index (κ1) is 41.6. The Morgan fingerprint density at radius 1 is 0.540 bits per heavy atom. The summed E-state index contributed by atoms with van der Waals surface area (Å²) in [6, 6.07) is 44.3. The molecule has 8 rings (SSSR count). The highest BCUT2D eigenvalue weighted by atomic mass is 32.2. The predicted octanol–water partition coefficient (Wildman–Crippen LogP) is 7.16. The highest BCUT2D eigenvalue weighted by Crippen LogP contribution is 2.33. The van der Waals surface area contributed by atoms with Gasteiger partial charge in [-0.1, -0.05) is 109 Å². The molecule has 2 heterocycles. The van der Waals surface area contributed by atoms with Gasteiger partial charge < -0.3 is 16.4 Å². The number of hydrazine groups is 4. The molecular formula is C44H39N11O6S2. The third-order valence-electron chi connectivity index (χ3n) is 9.36. The minimum Gasteiger partial charge on any atom is -0.397 e. The summed E-state index contributed by atoms with van der Waals surface area (Å²) in [6.45, 7) is 0. The molecule has 17 nitrogen and oxygen atoms in total. The molecule has 6 aromatic carbocycles. The SMILES string of the molecule is Nc1c(C2=CC(Nc3ccccc3)=NN(Nc3ccccc3)N2)ccc(C=Cc2ccc(C3=CC(Nc4ccccc4)=NN(Nc4ccccc4)N3)cc2S(=O)(=O)O)c1S(=O)(=O)O. The lowest BCUT2D eigenvalue weighted by Gasteiger charge is -2.29. The molecule has 0 amide bonds. The fraction of sp³-hybridized carbons (Fsp3) is 0. The molecule has 0 aliphatic carbocycles. The molecule has 0 spiro atoms. The third-order valence-corrected chi connectivity index (χ3v) is 11.2. The highest BCUT2D eigenvalue weighted by molar-refractivity contribution is 7.86. The summed E-state index contributed by atoms with van der Waals surface area (Å²) in [5.41, 5.74) is 22.7. The van der Waals surface area contributed by atoms with E-state index in [4.69, 9.17) is 5.73 Å². The molecule has 19 heteroatoms. The van der Waals surface area contributed by atoms with Gasteiger partial charge in [-0.05, 0) is 65.7 Å². The number of anilines is 5. The van der Waals surface area contributed by atoms with Crippen LogP contribution in [0.25, 0.3) is 23.5 Å². The largest absolute Gasteiger partial charge is 0.397 e. The first-order valence-corrected chi connectivity index (χ1v) is 22.0. The second-order valence-corrected chi connectivity index (χ2v) is 16.6. The molecular weight excluding hydrogens is 843 g/mol. The van der Waals surface area contributed by atoms with E-state index in [2.05, 4.69) is 42.5 Å². The monoisotopic (exact) mass is 881 g/mol. The highest BCUT2D eigenvalue weighted by Gasteiger charge is 2.26. The minimum atomic E-state index is -4.99. The van der Waals surface area contributed by atoms with Gasteiger partial charge in [0.05, 0.1) is 28.5 Å². The quantitative estimate of drug-likeness (QED) is 0.0337. The Balaban J connectivity index is 1.12. The number of amidine groups is 2. The number of hydrogen-bond donors (Lipinski definition) is 9. The van der Waals surface area contributed by atoms with E-state index in [0.717, 1.165) is 11.4 Å². The van der Waals surface area contributed by atoms with Crippen molar-refractivity contribution in [1.29, 1.82) is 0 Å². The van der Waals surface area contributed by atoms with E-state index in [-0.39, 0.29) is 22.4 Å². The molecule has 0 atom stereocenters. The molecule has 0 saturated carbocycles. The number of nitrogens with zero attached hydrogens (tertiary/aromatic N) is 4. The van der Waals surface area contributed by atoms with Crippen molar-refractivity contribution in [2.45, 2.75) is 9.79 Å². The van der Waals surface area contributed by atoms with E-state index >= 15 is 0 Å². The Labute approximate surface area is 363 Å². The van der Waals surface area contributed by atoms with Crippen molar-refractivity contribution >= 4 is 83.9 Å². The van der Waals surface area contributed by atoms with Gasteiger partial charge in [0, 0.05) is 34.7 Å². The summed E-state index contributed by atoms with van der Waals surface area (Å²) < 4.78 is 72.9. The Morgan fingerprint density at radius 3 is 1.48 bits per heavy atom. The van der Waals surface area contributed by atoms with Crippen molar-refractivity contribution < 1.29 is 25.9 Å². The van der Waals surface area contributed by atoms with Crippen LogP contribution < -0.4 is 38.1 Å². The molecule has 2 aliphatic rings. The maximum atomic E-state index is 13.0. The van der Waals surface area contributed by atoms with Gasteiger partial charge in [0.1, 0.15) is 9.79 Å². The zero-order valence-corrected chi connectivity index (χ0v) is 34.6. The van der Waals surface area contributed by atoms with Gasteiger partial charge >= 0.3 is 0 Å². The standard InChI is InChI=1S/C44H39N11O6S2/c45-43-37(39-29-42(47-34-15-7-2-8-16-34)53-55(51-39)49-36-19-11-4-12-20-36)26-25-31(44(43)63(59,60)61)23-21-30-22-24-32(27-40(30)62(56,57)58)38-28-41(46-33-13-5-1-6-14-33)52-54(50-38)48-35-17-9-3-10-18-35/h1-29,48-51H,45H2,(H,46,52)(H,47,53)(H,56,57,58)(H,59,60,61). The average Bonchev–Trinajstić information content (AvgIpc) is 3.26. The van der Waals surface area contributed by atoms with Crippen molar-refractivity contribution in [1.82, 2.24) is 21.3 Å². The maximum Gasteiger partial charge on any atom is 0.297 e. The van der Waals surface area contributed by atoms with E-state index in [1.807, 2.05) is 121 Å². The smallest absolute Gasteiger partial charge is 0.297 e. The molecule has 0 bridgehead atoms. The molecule has 2 aliphatic heterocycles. The summed E-state index contributed by atoms with van der Waals surface area (Å²) >= 11 is 0. The number of nitrogens with one attached hydrogen (secondary N) is 6. The average molecular weight is 882 g/mol. The molecule has 0 saturated heterocycles.